The van der Waals surface area contributed by atoms with E-state index in [9.17, 15) is 9.59 Å². The first-order valence-electron chi connectivity index (χ1n) is 5.29. The Labute approximate surface area is 89.4 Å². The number of amides is 2. The summed E-state index contributed by atoms with van der Waals surface area (Å²) in [5.74, 6) is -0.348. The van der Waals surface area contributed by atoms with Crippen molar-refractivity contribution in [2.24, 2.45) is 5.92 Å². The molecule has 1 aliphatic rings. The molecule has 1 rings (SSSR count). The van der Waals surface area contributed by atoms with E-state index >= 15 is 0 Å². The Morgan fingerprint density at radius 2 is 1.93 bits per heavy atom. The molecule has 0 aromatic carbocycles. The number of carboxylic acid groups (broad SMARTS) is 1. The maximum Gasteiger partial charge on any atom is 0.325 e. The van der Waals surface area contributed by atoms with E-state index in [-0.39, 0.29) is 6.03 Å². The van der Waals surface area contributed by atoms with E-state index in [1.54, 1.807) is 4.90 Å². The van der Waals surface area contributed by atoms with Gasteiger partial charge in [0.25, 0.3) is 0 Å². The van der Waals surface area contributed by atoms with Crippen LogP contribution < -0.4 is 5.32 Å². The zero-order valence-corrected chi connectivity index (χ0v) is 9.19. The normalized spacial score (nSPS) is 19.7. The highest BCUT2D eigenvalue weighted by Crippen LogP contribution is 2.15. The molecule has 2 amide bonds. The lowest BCUT2D eigenvalue weighted by Gasteiger charge is -2.30. The fraction of sp³-hybridized carbons (Fsp3) is 0.800. The predicted octanol–water partition coefficient (Wildman–Crippen LogP) is 0.901. The van der Waals surface area contributed by atoms with Gasteiger partial charge in [0, 0.05) is 13.1 Å². The van der Waals surface area contributed by atoms with E-state index in [0.717, 1.165) is 25.9 Å². The minimum Gasteiger partial charge on any atom is -0.480 e. The van der Waals surface area contributed by atoms with Crippen molar-refractivity contribution in [3.05, 3.63) is 0 Å². The number of carbonyl (C=O) groups is 2. The van der Waals surface area contributed by atoms with Gasteiger partial charge < -0.3 is 15.3 Å². The number of likely N-dealkylation sites (tertiary alicyclic amines) is 1. The van der Waals surface area contributed by atoms with Gasteiger partial charge in [0.2, 0.25) is 0 Å². The number of aliphatic carboxylic acids is 1. The second kappa shape index (κ2) is 5.00. The molecule has 0 unspecified atom stereocenters. The molecule has 1 fully saturated rings. The third-order valence-electron chi connectivity index (χ3n) is 2.78. The number of carboxylic acids is 1. The molecule has 1 aliphatic heterocycles. The van der Waals surface area contributed by atoms with Crippen molar-refractivity contribution in [2.75, 3.05) is 13.1 Å². The lowest BCUT2D eigenvalue weighted by molar-refractivity contribution is -0.138. The largest absolute Gasteiger partial charge is 0.480 e. The third kappa shape index (κ3) is 3.42. The first-order chi connectivity index (χ1) is 7.00. The van der Waals surface area contributed by atoms with Gasteiger partial charge in [0.15, 0.2) is 0 Å². The molecular formula is C10H18N2O3. The molecule has 5 heteroatoms. The summed E-state index contributed by atoms with van der Waals surface area (Å²) in [5, 5.41) is 11.1. The van der Waals surface area contributed by atoms with Gasteiger partial charge >= 0.3 is 12.0 Å². The lowest BCUT2D eigenvalue weighted by atomic mass is 10.00. The lowest BCUT2D eigenvalue weighted by Crippen LogP contribution is -2.49. The number of nitrogens with zero attached hydrogens (tertiary/aromatic N) is 1. The third-order valence-corrected chi connectivity index (χ3v) is 2.78. The Balaban J connectivity index is 2.37. The summed E-state index contributed by atoms with van der Waals surface area (Å²) < 4.78 is 0. The monoisotopic (exact) mass is 214 g/mol. The van der Waals surface area contributed by atoms with Gasteiger partial charge in [-0.25, -0.2) is 4.79 Å². The number of carbonyl (C=O) groups excluding carboxylic acids is 1. The van der Waals surface area contributed by atoms with Gasteiger partial charge in [-0.05, 0) is 25.7 Å². The maximum atomic E-state index is 11.6. The molecule has 0 bridgehead atoms. The first-order valence-corrected chi connectivity index (χ1v) is 5.29. The van der Waals surface area contributed by atoms with Gasteiger partial charge in [-0.3, -0.25) is 4.79 Å². The van der Waals surface area contributed by atoms with Crippen LogP contribution in [0.4, 0.5) is 4.79 Å². The molecule has 0 aromatic heterocycles. The highest BCUT2D eigenvalue weighted by Gasteiger charge is 2.22. The summed E-state index contributed by atoms with van der Waals surface area (Å²) in [6, 6.07) is -1.09. The Morgan fingerprint density at radius 1 is 1.40 bits per heavy atom. The summed E-state index contributed by atoms with van der Waals surface area (Å²) in [6.45, 7) is 5.07. The molecule has 15 heavy (non-hydrogen) atoms. The van der Waals surface area contributed by atoms with E-state index in [2.05, 4.69) is 12.2 Å². The molecule has 2 N–H and O–H groups in total. The van der Waals surface area contributed by atoms with E-state index in [1.807, 2.05) is 0 Å². The average molecular weight is 214 g/mol. The van der Waals surface area contributed by atoms with Gasteiger partial charge in [0.1, 0.15) is 6.04 Å². The Hall–Kier alpha value is -1.26. The molecule has 0 saturated carbocycles. The van der Waals surface area contributed by atoms with E-state index in [4.69, 9.17) is 5.11 Å². The second-order valence-electron chi connectivity index (χ2n) is 4.18. The smallest absolute Gasteiger partial charge is 0.325 e. The quantitative estimate of drug-likeness (QED) is 0.717. The van der Waals surface area contributed by atoms with Crippen LogP contribution in [0.15, 0.2) is 0 Å². The molecule has 1 atom stereocenters. The van der Waals surface area contributed by atoms with Crippen molar-refractivity contribution in [3.63, 3.8) is 0 Å². The highest BCUT2D eigenvalue weighted by atomic mass is 16.4. The van der Waals surface area contributed by atoms with Gasteiger partial charge in [-0.15, -0.1) is 0 Å². The number of hydrogen-bond donors (Lipinski definition) is 2. The molecule has 86 valence electrons. The zero-order valence-electron chi connectivity index (χ0n) is 9.19. The van der Waals surface area contributed by atoms with Crippen LogP contribution in [-0.2, 0) is 4.79 Å². The molecule has 0 spiro atoms. The minimum absolute atomic E-state index is 0.267. The summed E-state index contributed by atoms with van der Waals surface area (Å²) in [5.41, 5.74) is 0. The van der Waals surface area contributed by atoms with Gasteiger partial charge in [-0.1, -0.05) is 6.92 Å². The number of nitrogens with one attached hydrogen (secondary N) is 1. The number of rotatable bonds is 2. The molecule has 5 nitrogen and oxygen atoms in total. The minimum atomic E-state index is -1.01. The van der Waals surface area contributed by atoms with Gasteiger partial charge in [0.05, 0.1) is 0 Å². The van der Waals surface area contributed by atoms with Crippen molar-refractivity contribution >= 4 is 12.0 Å². The fourth-order valence-corrected chi connectivity index (χ4v) is 1.55. The Kier molecular flexibility index (Phi) is 3.94. The van der Waals surface area contributed by atoms with Gasteiger partial charge in [-0.2, -0.15) is 0 Å². The molecule has 0 aliphatic carbocycles. The SMILES string of the molecule is CC1CCN(C(=O)N[C@@H](C)C(=O)O)CC1. The average Bonchev–Trinajstić information content (AvgIpc) is 2.18. The van der Waals surface area contributed by atoms with Crippen LogP contribution in [0, 0.1) is 5.92 Å². The fourth-order valence-electron chi connectivity index (χ4n) is 1.55. The Morgan fingerprint density at radius 3 is 2.40 bits per heavy atom. The van der Waals surface area contributed by atoms with Crippen LogP contribution in [0.3, 0.4) is 0 Å². The van der Waals surface area contributed by atoms with E-state index < -0.39 is 12.0 Å². The van der Waals surface area contributed by atoms with Crippen molar-refractivity contribution in [1.29, 1.82) is 0 Å². The molecule has 0 radical (unpaired) electrons. The van der Waals surface area contributed by atoms with Crippen LogP contribution in [-0.4, -0.2) is 41.1 Å². The van der Waals surface area contributed by atoms with E-state index in [1.165, 1.54) is 6.92 Å². The van der Waals surface area contributed by atoms with Crippen LogP contribution in [0.25, 0.3) is 0 Å². The molecule has 0 aromatic rings. The first kappa shape index (κ1) is 11.8. The highest BCUT2D eigenvalue weighted by molar-refractivity contribution is 5.82. The van der Waals surface area contributed by atoms with Crippen molar-refractivity contribution in [2.45, 2.75) is 32.7 Å². The summed E-state index contributed by atoms with van der Waals surface area (Å²) in [6.07, 6.45) is 1.99. The molecule has 1 saturated heterocycles. The molecule has 1 heterocycles. The van der Waals surface area contributed by atoms with Crippen LogP contribution in [0.2, 0.25) is 0 Å². The maximum absolute atomic E-state index is 11.6. The number of urea groups is 1. The second-order valence-corrected chi connectivity index (χ2v) is 4.18. The zero-order chi connectivity index (χ0) is 11.4. The van der Waals surface area contributed by atoms with Crippen LogP contribution in [0.1, 0.15) is 26.7 Å². The van der Waals surface area contributed by atoms with Crippen molar-refractivity contribution in [3.8, 4) is 0 Å². The van der Waals surface area contributed by atoms with Crippen molar-refractivity contribution < 1.29 is 14.7 Å². The Bertz CT molecular complexity index is 247. The number of hydrogen-bond acceptors (Lipinski definition) is 2. The molecular weight excluding hydrogens is 196 g/mol. The summed E-state index contributed by atoms with van der Waals surface area (Å²) >= 11 is 0. The standard InChI is InChI=1S/C10H18N2O3/c1-7-3-5-12(6-4-7)10(15)11-8(2)9(13)14/h7-8H,3-6H2,1-2H3,(H,11,15)(H,13,14)/t8-/m0/s1. The van der Waals surface area contributed by atoms with E-state index in [0.29, 0.717) is 5.92 Å². The topological polar surface area (TPSA) is 69.6 Å². The van der Waals surface area contributed by atoms with Crippen molar-refractivity contribution in [1.82, 2.24) is 10.2 Å². The number of piperidine rings is 1. The summed E-state index contributed by atoms with van der Waals surface area (Å²) in [7, 11) is 0. The van der Waals surface area contributed by atoms with Crippen LogP contribution >= 0.6 is 0 Å². The summed E-state index contributed by atoms with van der Waals surface area (Å²) in [4.78, 5) is 23.8. The van der Waals surface area contributed by atoms with Crippen LogP contribution in [0.5, 0.6) is 0 Å². The predicted molar refractivity (Wildman–Crippen MR) is 55.6 cm³/mol.